The number of carbonyl (C=O) groups excluding carboxylic acids is 1. The first kappa shape index (κ1) is 15.2. The van der Waals surface area contributed by atoms with E-state index in [0.717, 1.165) is 6.07 Å². The molecule has 0 aliphatic rings. The van der Waals surface area contributed by atoms with Crippen LogP contribution in [0.1, 0.15) is 17.5 Å². The highest BCUT2D eigenvalue weighted by Crippen LogP contribution is 2.34. The van der Waals surface area contributed by atoms with E-state index in [2.05, 4.69) is 5.32 Å². The zero-order chi connectivity index (χ0) is 14.6. The molecule has 1 amide bonds. The number of nitrogens with one attached hydrogen (secondary N) is 1. The molecule has 0 atom stereocenters. The molecule has 0 fully saturated rings. The molecule has 0 aromatic heterocycles. The lowest BCUT2D eigenvalue weighted by Gasteiger charge is -2.12. The van der Waals surface area contributed by atoms with Gasteiger partial charge in [-0.15, -0.1) is 0 Å². The van der Waals surface area contributed by atoms with Crippen LogP contribution in [0, 0.1) is 26.2 Å². The topological polar surface area (TPSA) is 76.7 Å². The first-order valence-corrected chi connectivity index (χ1v) is 5.85. The highest BCUT2D eigenvalue weighted by atomic mass is 127. The molecule has 0 saturated carbocycles. The number of anilines is 1. The zero-order valence-corrected chi connectivity index (χ0v) is 11.3. The van der Waals surface area contributed by atoms with E-state index in [1.165, 1.54) is 0 Å². The van der Waals surface area contributed by atoms with Crippen molar-refractivity contribution < 1.29 is 18.0 Å². The summed E-state index contributed by atoms with van der Waals surface area (Å²) in [5.41, 5.74) is -1.28. The van der Waals surface area contributed by atoms with E-state index >= 15 is 0 Å². The van der Waals surface area contributed by atoms with Crippen LogP contribution >= 0.6 is 22.6 Å². The number of rotatable bonds is 2. The summed E-state index contributed by atoms with van der Waals surface area (Å²) in [5.74, 6) is -0.684. The highest BCUT2D eigenvalue weighted by molar-refractivity contribution is 14.1. The predicted molar refractivity (Wildman–Crippen MR) is 67.7 cm³/mol. The van der Waals surface area contributed by atoms with Gasteiger partial charge in [0.05, 0.1) is 22.9 Å². The summed E-state index contributed by atoms with van der Waals surface area (Å²) in [6.07, 6.45) is -5.01. The number of nitrogens with zero attached hydrogens (tertiary/aromatic N) is 2. The third-order valence-corrected chi connectivity index (χ3v) is 2.89. The molecule has 4 nitrogen and oxygen atoms in total. The van der Waals surface area contributed by atoms with E-state index in [4.69, 9.17) is 10.5 Å². The van der Waals surface area contributed by atoms with E-state index < -0.39 is 24.1 Å². The molecule has 98 valence electrons. The third kappa shape index (κ3) is 3.83. The number of alkyl halides is 3. The van der Waals surface area contributed by atoms with Crippen molar-refractivity contribution in [3.8, 4) is 12.1 Å². The number of halogens is 4. The van der Waals surface area contributed by atoms with Gasteiger partial charge in [-0.3, -0.25) is 4.79 Å². The molecule has 0 radical (unpaired) electrons. The Morgan fingerprint density at radius 2 is 2.00 bits per heavy atom. The van der Waals surface area contributed by atoms with Gasteiger partial charge < -0.3 is 5.32 Å². The van der Waals surface area contributed by atoms with Gasteiger partial charge in [0.15, 0.2) is 0 Å². The van der Waals surface area contributed by atoms with Gasteiger partial charge in [0.25, 0.3) is 0 Å². The van der Waals surface area contributed by atoms with Crippen LogP contribution in [0.4, 0.5) is 18.9 Å². The number of hydrogen-bond donors (Lipinski definition) is 1. The van der Waals surface area contributed by atoms with E-state index in [-0.39, 0.29) is 14.8 Å². The number of hydrogen-bond acceptors (Lipinski definition) is 3. The van der Waals surface area contributed by atoms with Crippen molar-refractivity contribution in [3.63, 3.8) is 0 Å². The summed E-state index contributed by atoms with van der Waals surface area (Å²) in [7, 11) is 0. The van der Waals surface area contributed by atoms with Crippen LogP contribution in [0.5, 0.6) is 0 Å². The summed E-state index contributed by atoms with van der Waals surface area (Å²) < 4.78 is 37.7. The quantitative estimate of drug-likeness (QED) is 0.803. The Kier molecular flexibility index (Phi) is 4.72. The average Bonchev–Trinajstić information content (AvgIpc) is 2.30. The van der Waals surface area contributed by atoms with Crippen molar-refractivity contribution in [2.45, 2.75) is 12.6 Å². The van der Waals surface area contributed by atoms with Crippen LogP contribution < -0.4 is 5.32 Å². The molecule has 19 heavy (non-hydrogen) atoms. The highest BCUT2D eigenvalue weighted by Gasteiger charge is 2.32. The normalized spacial score (nSPS) is 10.4. The van der Waals surface area contributed by atoms with Crippen molar-refractivity contribution in [2.75, 3.05) is 5.32 Å². The molecule has 0 unspecified atom stereocenters. The monoisotopic (exact) mass is 379 g/mol. The molecule has 0 spiro atoms. The van der Waals surface area contributed by atoms with Gasteiger partial charge in [-0.05, 0) is 34.7 Å². The Morgan fingerprint density at radius 1 is 1.37 bits per heavy atom. The van der Waals surface area contributed by atoms with Gasteiger partial charge in [-0.2, -0.15) is 23.7 Å². The Labute approximate surface area is 120 Å². The lowest BCUT2D eigenvalue weighted by atomic mass is 10.1. The Morgan fingerprint density at radius 3 is 2.47 bits per heavy atom. The molecule has 1 N–H and O–H groups in total. The Bertz CT molecular complexity index is 599. The second-order valence-corrected chi connectivity index (χ2v) is 4.54. The number of benzene rings is 1. The maximum absolute atomic E-state index is 12.6. The molecule has 0 bridgehead atoms. The standard InChI is InChI=1S/C11H5F3IN3O/c12-11(13,14)7-3-6(5-17)10(8(15)4-7)18-9(19)1-2-16/h3-4H,1H2,(H,18,19). The fourth-order valence-corrected chi connectivity index (χ4v) is 2.00. The molecule has 0 saturated heterocycles. The first-order chi connectivity index (χ1) is 8.79. The van der Waals surface area contributed by atoms with Gasteiger partial charge in [0.2, 0.25) is 5.91 Å². The molecular formula is C11H5F3IN3O. The summed E-state index contributed by atoms with van der Waals surface area (Å²) in [5, 5.41) is 19.4. The second kappa shape index (κ2) is 5.89. The van der Waals surface area contributed by atoms with Crippen LogP contribution in [0.2, 0.25) is 0 Å². The van der Waals surface area contributed by atoms with Gasteiger partial charge in [-0.1, -0.05) is 0 Å². The second-order valence-electron chi connectivity index (χ2n) is 3.37. The van der Waals surface area contributed by atoms with Crippen molar-refractivity contribution in [3.05, 3.63) is 26.8 Å². The van der Waals surface area contributed by atoms with Crippen molar-refractivity contribution in [1.82, 2.24) is 0 Å². The van der Waals surface area contributed by atoms with Crippen LogP contribution in [0.25, 0.3) is 0 Å². The fraction of sp³-hybridized carbons (Fsp3) is 0.182. The van der Waals surface area contributed by atoms with Crippen LogP contribution in [0.3, 0.4) is 0 Å². The van der Waals surface area contributed by atoms with Crippen molar-refractivity contribution >= 4 is 34.2 Å². The van der Waals surface area contributed by atoms with E-state index in [9.17, 15) is 18.0 Å². The molecule has 0 aliphatic carbocycles. The van der Waals surface area contributed by atoms with Gasteiger partial charge in [0.1, 0.15) is 12.5 Å². The Hall–Kier alpha value is -1.81. The minimum absolute atomic E-state index is 0.0173. The summed E-state index contributed by atoms with van der Waals surface area (Å²) >= 11 is 1.59. The minimum atomic E-state index is -4.57. The van der Waals surface area contributed by atoms with Gasteiger partial charge >= 0.3 is 6.18 Å². The maximum Gasteiger partial charge on any atom is 0.416 e. The summed E-state index contributed by atoms with van der Waals surface area (Å²) in [6.45, 7) is 0. The van der Waals surface area contributed by atoms with E-state index in [0.29, 0.717) is 6.07 Å². The van der Waals surface area contributed by atoms with Crippen LogP contribution in [-0.4, -0.2) is 5.91 Å². The van der Waals surface area contributed by atoms with Crippen LogP contribution in [-0.2, 0) is 11.0 Å². The minimum Gasteiger partial charge on any atom is -0.323 e. The first-order valence-electron chi connectivity index (χ1n) is 4.77. The number of carbonyl (C=O) groups is 1. The Balaban J connectivity index is 3.25. The fourth-order valence-electron chi connectivity index (χ4n) is 1.24. The molecule has 1 aromatic carbocycles. The molecule has 0 aliphatic heterocycles. The third-order valence-electron chi connectivity index (χ3n) is 2.04. The zero-order valence-electron chi connectivity index (χ0n) is 9.18. The van der Waals surface area contributed by atoms with Gasteiger partial charge in [0, 0.05) is 3.57 Å². The molecule has 1 rings (SSSR count). The summed E-state index contributed by atoms with van der Waals surface area (Å²) in [4.78, 5) is 11.2. The molecule has 0 heterocycles. The molecule has 1 aromatic rings. The molecular weight excluding hydrogens is 374 g/mol. The average molecular weight is 379 g/mol. The van der Waals surface area contributed by atoms with E-state index in [1.54, 1.807) is 34.7 Å². The number of amides is 1. The SMILES string of the molecule is N#CCC(=O)Nc1c(I)cc(C(F)(F)F)cc1C#N. The lowest BCUT2D eigenvalue weighted by Crippen LogP contribution is -2.14. The smallest absolute Gasteiger partial charge is 0.323 e. The van der Waals surface area contributed by atoms with Crippen LogP contribution in [0.15, 0.2) is 12.1 Å². The predicted octanol–water partition coefficient (Wildman–Crippen LogP) is 3.03. The largest absolute Gasteiger partial charge is 0.416 e. The molecule has 8 heteroatoms. The van der Waals surface area contributed by atoms with Crippen molar-refractivity contribution in [2.24, 2.45) is 0 Å². The van der Waals surface area contributed by atoms with E-state index in [1.807, 2.05) is 0 Å². The van der Waals surface area contributed by atoms with Gasteiger partial charge in [-0.25, -0.2) is 0 Å². The summed E-state index contributed by atoms with van der Waals surface area (Å²) in [6, 6.07) is 4.68. The number of nitriles is 2. The lowest BCUT2D eigenvalue weighted by molar-refractivity contribution is -0.137. The maximum atomic E-state index is 12.6. The van der Waals surface area contributed by atoms with Crippen molar-refractivity contribution in [1.29, 1.82) is 10.5 Å².